The third-order valence-corrected chi connectivity index (χ3v) is 2.71. The predicted molar refractivity (Wildman–Crippen MR) is 81.6 cm³/mol. The Morgan fingerprint density at radius 3 is 2.50 bits per heavy atom. The number of carbonyl (C=O) groups is 2. The first kappa shape index (κ1) is 16.5. The van der Waals surface area contributed by atoms with Gasteiger partial charge < -0.3 is 15.4 Å². The summed E-state index contributed by atoms with van der Waals surface area (Å²) in [5.74, 6) is -0.311. The van der Waals surface area contributed by atoms with Crippen molar-refractivity contribution in [3.05, 3.63) is 28.7 Å². The highest BCUT2D eigenvalue weighted by molar-refractivity contribution is 9.10. The van der Waals surface area contributed by atoms with Crippen LogP contribution in [0.25, 0.3) is 0 Å². The van der Waals surface area contributed by atoms with E-state index in [0.717, 1.165) is 4.47 Å². The van der Waals surface area contributed by atoms with Crippen LogP contribution in [0.15, 0.2) is 28.7 Å². The van der Waals surface area contributed by atoms with Crippen LogP contribution in [-0.4, -0.2) is 23.6 Å². The van der Waals surface area contributed by atoms with Crippen LogP contribution in [0.3, 0.4) is 0 Å². The van der Waals surface area contributed by atoms with Gasteiger partial charge >= 0.3 is 6.09 Å². The van der Waals surface area contributed by atoms with Gasteiger partial charge in [-0.1, -0.05) is 22.0 Å². The van der Waals surface area contributed by atoms with Crippen molar-refractivity contribution in [2.45, 2.75) is 39.3 Å². The largest absolute Gasteiger partial charge is 0.444 e. The first-order valence-electron chi connectivity index (χ1n) is 6.23. The van der Waals surface area contributed by atoms with Crippen LogP contribution in [0.2, 0.25) is 0 Å². The fourth-order valence-electron chi connectivity index (χ4n) is 1.37. The van der Waals surface area contributed by atoms with E-state index < -0.39 is 17.7 Å². The Balaban J connectivity index is 2.53. The second-order valence-corrected chi connectivity index (χ2v) is 6.28. The molecule has 6 heteroatoms. The summed E-state index contributed by atoms with van der Waals surface area (Å²) >= 11 is 3.32. The molecule has 0 aliphatic rings. The van der Waals surface area contributed by atoms with Gasteiger partial charge in [0.2, 0.25) is 5.91 Å². The van der Waals surface area contributed by atoms with E-state index in [0.29, 0.717) is 5.69 Å². The normalized spacial score (nSPS) is 12.4. The number of alkyl carbamates (subject to hydrolysis) is 1. The number of nitrogens with one attached hydrogen (secondary N) is 2. The van der Waals surface area contributed by atoms with E-state index in [9.17, 15) is 9.59 Å². The van der Waals surface area contributed by atoms with Crippen molar-refractivity contribution in [3.8, 4) is 0 Å². The molecule has 20 heavy (non-hydrogen) atoms. The molecule has 0 aromatic heterocycles. The lowest BCUT2D eigenvalue weighted by molar-refractivity contribution is -0.117. The molecule has 0 aliphatic heterocycles. The van der Waals surface area contributed by atoms with Gasteiger partial charge in [-0.3, -0.25) is 4.79 Å². The van der Waals surface area contributed by atoms with Crippen LogP contribution in [0.4, 0.5) is 10.5 Å². The molecular formula is C14H19BrN2O3. The lowest BCUT2D eigenvalue weighted by atomic mass is 10.2. The topological polar surface area (TPSA) is 67.4 Å². The van der Waals surface area contributed by atoms with E-state index in [4.69, 9.17) is 4.74 Å². The van der Waals surface area contributed by atoms with Crippen molar-refractivity contribution in [2.75, 3.05) is 5.32 Å². The smallest absolute Gasteiger partial charge is 0.408 e. The lowest BCUT2D eigenvalue weighted by Crippen LogP contribution is -2.43. The highest BCUT2D eigenvalue weighted by Gasteiger charge is 2.20. The van der Waals surface area contributed by atoms with Crippen LogP contribution in [-0.2, 0) is 9.53 Å². The molecule has 1 rings (SSSR count). The summed E-state index contributed by atoms with van der Waals surface area (Å²) in [4.78, 5) is 23.5. The molecule has 0 radical (unpaired) electrons. The summed E-state index contributed by atoms with van der Waals surface area (Å²) < 4.78 is 5.95. The zero-order valence-corrected chi connectivity index (χ0v) is 13.6. The molecule has 0 heterocycles. The average molecular weight is 343 g/mol. The first-order chi connectivity index (χ1) is 9.17. The van der Waals surface area contributed by atoms with Gasteiger partial charge in [-0.05, 0) is 45.9 Å². The number of rotatable bonds is 3. The molecule has 0 spiro atoms. The van der Waals surface area contributed by atoms with Crippen molar-refractivity contribution in [1.82, 2.24) is 5.32 Å². The maximum atomic E-state index is 11.9. The van der Waals surface area contributed by atoms with Crippen LogP contribution < -0.4 is 10.6 Å². The SMILES string of the molecule is C[C@H](NC(=O)OC(C)(C)C)C(=O)Nc1cccc(Br)c1. The molecule has 110 valence electrons. The summed E-state index contributed by atoms with van der Waals surface area (Å²) in [6.07, 6.45) is -0.616. The molecule has 0 fully saturated rings. The van der Waals surface area contributed by atoms with E-state index in [1.54, 1.807) is 39.8 Å². The van der Waals surface area contributed by atoms with E-state index in [-0.39, 0.29) is 5.91 Å². The molecule has 0 aliphatic carbocycles. The van der Waals surface area contributed by atoms with Gasteiger partial charge in [-0.2, -0.15) is 0 Å². The molecule has 0 bridgehead atoms. The molecule has 0 saturated heterocycles. The quantitative estimate of drug-likeness (QED) is 0.885. The van der Waals surface area contributed by atoms with Gasteiger partial charge in [-0.15, -0.1) is 0 Å². The average Bonchev–Trinajstić information content (AvgIpc) is 2.25. The van der Waals surface area contributed by atoms with Crippen LogP contribution in [0.5, 0.6) is 0 Å². The van der Waals surface area contributed by atoms with Gasteiger partial charge in [0.25, 0.3) is 0 Å². The molecule has 5 nitrogen and oxygen atoms in total. The number of ether oxygens (including phenoxy) is 1. The van der Waals surface area contributed by atoms with Crippen molar-refractivity contribution < 1.29 is 14.3 Å². The standard InChI is InChI=1S/C14H19BrN2O3/c1-9(16-13(19)20-14(2,3)4)12(18)17-11-7-5-6-10(15)8-11/h5-9H,1-4H3,(H,16,19)(H,17,18)/t9-/m0/s1. The van der Waals surface area contributed by atoms with Gasteiger partial charge in [0.05, 0.1) is 0 Å². The Hall–Kier alpha value is -1.56. The third-order valence-electron chi connectivity index (χ3n) is 2.22. The number of amides is 2. The fourth-order valence-corrected chi connectivity index (χ4v) is 1.77. The Labute approximate surface area is 127 Å². The molecular weight excluding hydrogens is 324 g/mol. The second kappa shape index (κ2) is 6.74. The second-order valence-electron chi connectivity index (χ2n) is 5.37. The van der Waals surface area contributed by atoms with E-state index in [1.807, 2.05) is 12.1 Å². The van der Waals surface area contributed by atoms with Crippen molar-refractivity contribution in [2.24, 2.45) is 0 Å². The van der Waals surface area contributed by atoms with Gasteiger partial charge in [0.15, 0.2) is 0 Å². The zero-order valence-electron chi connectivity index (χ0n) is 12.0. The van der Waals surface area contributed by atoms with Gasteiger partial charge in [0, 0.05) is 10.2 Å². The Morgan fingerprint density at radius 1 is 1.30 bits per heavy atom. The van der Waals surface area contributed by atoms with Crippen molar-refractivity contribution in [3.63, 3.8) is 0 Å². The molecule has 0 saturated carbocycles. The Bertz CT molecular complexity index is 497. The number of anilines is 1. The number of hydrogen-bond acceptors (Lipinski definition) is 3. The summed E-state index contributed by atoms with van der Waals surface area (Å²) in [6, 6.07) is 6.52. The van der Waals surface area contributed by atoms with Crippen molar-refractivity contribution in [1.29, 1.82) is 0 Å². The number of hydrogen-bond donors (Lipinski definition) is 2. The van der Waals surface area contributed by atoms with Gasteiger partial charge in [0.1, 0.15) is 11.6 Å². The minimum Gasteiger partial charge on any atom is -0.444 e. The third kappa shape index (κ3) is 6.06. The maximum Gasteiger partial charge on any atom is 0.408 e. The monoisotopic (exact) mass is 342 g/mol. The molecule has 1 atom stereocenters. The Morgan fingerprint density at radius 2 is 1.95 bits per heavy atom. The molecule has 0 unspecified atom stereocenters. The maximum absolute atomic E-state index is 11.9. The van der Waals surface area contributed by atoms with Crippen molar-refractivity contribution >= 4 is 33.6 Å². The number of halogens is 1. The van der Waals surface area contributed by atoms with Crippen LogP contribution in [0.1, 0.15) is 27.7 Å². The number of carbonyl (C=O) groups excluding carboxylic acids is 2. The highest BCUT2D eigenvalue weighted by Crippen LogP contribution is 2.15. The van der Waals surface area contributed by atoms with Gasteiger partial charge in [-0.25, -0.2) is 4.79 Å². The molecule has 1 aromatic carbocycles. The number of benzene rings is 1. The van der Waals surface area contributed by atoms with Crippen LogP contribution >= 0.6 is 15.9 Å². The summed E-state index contributed by atoms with van der Waals surface area (Å²) in [7, 11) is 0. The first-order valence-corrected chi connectivity index (χ1v) is 7.02. The highest BCUT2D eigenvalue weighted by atomic mass is 79.9. The lowest BCUT2D eigenvalue weighted by Gasteiger charge is -2.21. The Kier molecular flexibility index (Phi) is 5.56. The summed E-state index contributed by atoms with van der Waals surface area (Å²) in [5, 5.41) is 5.20. The minimum absolute atomic E-state index is 0.311. The zero-order chi connectivity index (χ0) is 15.3. The minimum atomic E-state index is -0.691. The summed E-state index contributed by atoms with van der Waals surface area (Å²) in [5.41, 5.74) is 0.0621. The summed E-state index contributed by atoms with van der Waals surface area (Å²) in [6.45, 7) is 6.88. The predicted octanol–water partition coefficient (Wildman–Crippen LogP) is 3.30. The van der Waals surface area contributed by atoms with E-state index >= 15 is 0 Å². The van der Waals surface area contributed by atoms with E-state index in [1.165, 1.54) is 0 Å². The molecule has 2 N–H and O–H groups in total. The van der Waals surface area contributed by atoms with E-state index in [2.05, 4.69) is 26.6 Å². The molecule has 1 aromatic rings. The van der Waals surface area contributed by atoms with Crippen LogP contribution in [0, 0.1) is 0 Å². The fraction of sp³-hybridized carbons (Fsp3) is 0.429. The molecule has 2 amide bonds.